The molecule has 5 N–H and O–H groups in total. The summed E-state index contributed by atoms with van der Waals surface area (Å²) in [5.74, 6) is 1.29. The molecule has 0 spiro atoms. The molecule has 0 aromatic rings. The maximum absolute atomic E-state index is 11.9. The molecule has 1 aliphatic heterocycles. The van der Waals surface area contributed by atoms with Crippen LogP contribution in [0.4, 0.5) is 0 Å². The van der Waals surface area contributed by atoms with Crippen LogP contribution in [0.5, 0.6) is 0 Å². The van der Waals surface area contributed by atoms with Gasteiger partial charge in [-0.1, -0.05) is 34.6 Å². The van der Waals surface area contributed by atoms with Gasteiger partial charge in [0.25, 0.3) is 0 Å². The van der Waals surface area contributed by atoms with Crippen LogP contribution in [-0.2, 0) is 0 Å². The summed E-state index contributed by atoms with van der Waals surface area (Å²) in [4.78, 5) is 2.52. The van der Waals surface area contributed by atoms with Crippen LogP contribution in [0.15, 0.2) is 0 Å². The first-order chi connectivity index (χ1) is 18.3. The third kappa shape index (κ3) is 4.95. The number of hydrogen-bond donors (Lipinski definition) is 5. The lowest BCUT2D eigenvalue weighted by molar-refractivity contribution is -0.246. The van der Waals surface area contributed by atoms with Gasteiger partial charge in [-0.2, -0.15) is 0 Å². The van der Waals surface area contributed by atoms with Crippen LogP contribution in [-0.4, -0.2) is 83.8 Å². The number of nitrogens with one attached hydrogen (secondary N) is 2. The third-order valence-electron chi connectivity index (χ3n) is 14.0. The van der Waals surface area contributed by atoms with E-state index in [9.17, 15) is 15.3 Å². The lowest BCUT2D eigenvalue weighted by atomic mass is 9.35. The first-order valence-corrected chi connectivity index (χ1v) is 16.5. The molecule has 5 aliphatic rings. The van der Waals surface area contributed by atoms with E-state index >= 15 is 0 Å². The highest BCUT2D eigenvalue weighted by atomic mass is 16.3. The van der Waals surface area contributed by atoms with Gasteiger partial charge in [0.05, 0.1) is 17.8 Å². The second-order valence-electron chi connectivity index (χ2n) is 16.1. The summed E-state index contributed by atoms with van der Waals surface area (Å²) in [5, 5.41) is 41.7. The summed E-state index contributed by atoms with van der Waals surface area (Å²) >= 11 is 0. The van der Waals surface area contributed by atoms with E-state index < -0.39 is 5.60 Å². The summed E-state index contributed by atoms with van der Waals surface area (Å²) in [6, 6.07) is 0. The van der Waals surface area contributed by atoms with Crippen LogP contribution in [0.3, 0.4) is 0 Å². The molecule has 0 radical (unpaired) electrons. The second kappa shape index (κ2) is 10.8. The van der Waals surface area contributed by atoms with Crippen molar-refractivity contribution < 1.29 is 15.3 Å². The Bertz CT molecular complexity index is 859. The highest BCUT2D eigenvalue weighted by Crippen LogP contribution is 2.75. The highest BCUT2D eigenvalue weighted by molar-refractivity contribution is 5.20. The molecule has 1 heterocycles. The van der Waals surface area contributed by atoms with Gasteiger partial charge < -0.3 is 26.0 Å². The van der Waals surface area contributed by atoms with Gasteiger partial charge in [0.2, 0.25) is 0 Å². The van der Waals surface area contributed by atoms with Crippen LogP contribution < -0.4 is 10.6 Å². The van der Waals surface area contributed by atoms with E-state index in [4.69, 9.17) is 0 Å². The Morgan fingerprint density at radius 3 is 2.31 bits per heavy atom. The van der Waals surface area contributed by atoms with Crippen molar-refractivity contribution in [3.63, 3.8) is 0 Å². The standard InChI is InChI=1S/C33H61N3O3/c1-29(2)25-9-14-31(4)26(30(25,3)12-10-27(29)38)22-24(37)28-23(8-13-32(28,31)5)33(6,39)11-7-15-34-16-19-36-20-17-35-18-21-36/h23-28,34-35,37-39H,7-22H2,1-6H3/t23-,24+,25-,26+,27-,28-,30-,31+,32+,33-/m0/s1. The van der Waals surface area contributed by atoms with Gasteiger partial charge in [0.1, 0.15) is 0 Å². The Balaban J connectivity index is 1.24. The molecule has 10 atom stereocenters. The molecule has 1 saturated heterocycles. The zero-order valence-electron chi connectivity index (χ0n) is 26.1. The molecule has 0 aromatic carbocycles. The lowest BCUT2D eigenvalue weighted by Crippen LogP contribution is -2.66. The molecule has 0 unspecified atom stereocenters. The van der Waals surface area contributed by atoms with E-state index in [1.54, 1.807) is 0 Å². The van der Waals surface area contributed by atoms with Gasteiger partial charge in [-0.3, -0.25) is 4.90 Å². The quantitative estimate of drug-likeness (QED) is 0.295. The third-order valence-corrected chi connectivity index (χ3v) is 14.0. The van der Waals surface area contributed by atoms with E-state index in [0.717, 1.165) is 90.8 Å². The molecular formula is C33H61N3O3. The van der Waals surface area contributed by atoms with E-state index in [-0.39, 0.29) is 45.7 Å². The molecule has 5 fully saturated rings. The van der Waals surface area contributed by atoms with Crippen LogP contribution >= 0.6 is 0 Å². The number of hydrogen-bond acceptors (Lipinski definition) is 6. The maximum atomic E-state index is 11.9. The SMILES string of the molecule is CC1(C)[C@@H](O)CC[C@]2(C)[C@H]3C[C@@H](O)[C@@H]4[C@@H]([C@@](C)(O)CCCNCCN5CCNCC5)CC[C@@]4(C)[C@]3(C)CC[C@@H]12. The molecule has 39 heavy (non-hydrogen) atoms. The van der Waals surface area contributed by atoms with Crippen molar-refractivity contribution in [3.05, 3.63) is 0 Å². The van der Waals surface area contributed by atoms with Crippen molar-refractivity contribution in [2.75, 3.05) is 45.8 Å². The van der Waals surface area contributed by atoms with Crippen molar-refractivity contribution in [2.24, 2.45) is 45.3 Å². The van der Waals surface area contributed by atoms with E-state index in [2.05, 4.69) is 57.1 Å². The van der Waals surface area contributed by atoms with E-state index in [1.165, 1.54) is 12.8 Å². The van der Waals surface area contributed by atoms with Gasteiger partial charge in [-0.25, -0.2) is 0 Å². The molecule has 0 aromatic heterocycles. The van der Waals surface area contributed by atoms with E-state index in [0.29, 0.717) is 11.8 Å². The number of piperazine rings is 1. The van der Waals surface area contributed by atoms with Gasteiger partial charge in [-0.05, 0) is 117 Å². The molecule has 226 valence electrons. The minimum absolute atomic E-state index is 0.0414. The minimum atomic E-state index is -0.745. The molecule has 4 saturated carbocycles. The monoisotopic (exact) mass is 547 g/mol. The Morgan fingerprint density at radius 1 is 0.897 bits per heavy atom. The summed E-state index contributed by atoms with van der Waals surface area (Å²) in [6.07, 6.45) is 8.48. The normalized spacial score (nSPS) is 47.6. The Hall–Kier alpha value is -0.240. The molecule has 6 heteroatoms. The van der Waals surface area contributed by atoms with Crippen molar-refractivity contribution >= 4 is 0 Å². The molecule has 5 rings (SSSR count). The van der Waals surface area contributed by atoms with E-state index in [1.807, 2.05) is 0 Å². The average molecular weight is 548 g/mol. The van der Waals surface area contributed by atoms with Gasteiger partial charge in [0, 0.05) is 39.3 Å². The maximum Gasteiger partial charge on any atom is 0.0652 e. The summed E-state index contributed by atoms with van der Waals surface area (Å²) in [6.45, 7) is 21.7. The summed E-state index contributed by atoms with van der Waals surface area (Å²) in [7, 11) is 0. The molecule has 0 bridgehead atoms. The minimum Gasteiger partial charge on any atom is -0.393 e. The number of rotatable bonds is 8. The summed E-state index contributed by atoms with van der Waals surface area (Å²) < 4.78 is 0. The smallest absolute Gasteiger partial charge is 0.0652 e. The summed E-state index contributed by atoms with van der Waals surface area (Å²) in [5.41, 5.74) is -0.457. The molecular weight excluding hydrogens is 486 g/mol. The fourth-order valence-electron chi connectivity index (χ4n) is 11.5. The van der Waals surface area contributed by atoms with Crippen molar-refractivity contribution in [1.29, 1.82) is 0 Å². The van der Waals surface area contributed by atoms with Crippen LogP contribution in [0.1, 0.15) is 99.3 Å². The fraction of sp³-hybridized carbons (Fsp3) is 1.00. The topological polar surface area (TPSA) is 88.0 Å². The molecule has 4 aliphatic carbocycles. The second-order valence-corrected chi connectivity index (χ2v) is 16.1. The zero-order chi connectivity index (χ0) is 28.3. The Kier molecular flexibility index (Phi) is 8.36. The number of fused-ring (bicyclic) bond motifs is 5. The first kappa shape index (κ1) is 30.2. The Labute approximate surface area is 239 Å². The average Bonchev–Trinajstić information content (AvgIpc) is 3.27. The number of aliphatic hydroxyl groups excluding tert-OH is 2. The molecule has 0 amide bonds. The first-order valence-electron chi connectivity index (χ1n) is 16.5. The predicted molar refractivity (Wildman–Crippen MR) is 158 cm³/mol. The highest BCUT2D eigenvalue weighted by Gasteiger charge is 2.71. The number of nitrogens with zero attached hydrogens (tertiary/aromatic N) is 1. The van der Waals surface area contributed by atoms with Crippen molar-refractivity contribution in [2.45, 2.75) is 117 Å². The molecule has 6 nitrogen and oxygen atoms in total. The lowest BCUT2D eigenvalue weighted by Gasteiger charge is -2.70. The van der Waals surface area contributed by atoms with Gasteiger partial charge in [0.15, 0.2) is 0 Å². The van der Waals surface area contributed by atoms with Gasteiger partial charge >= 0.3 is 0 Å². The fourth-order valence-corrected chi connectivity index (χ4v) is 11.5. The van der Waals surface area contributed by atoms with Crippen LogP contribution in [0, 0.1) is 45.3 Å². The number of aliphatic hydroxyl groups is 3. The van der Waals surface area contributed by atoms with Crippen molar-refractivity contribution in [3.8, 4) is 0 Å². The van der Waals surface area contributed by atoms with Crippen molar-refractivity contribution in [1.82, 2.24) is 15.5 Å². The zero-order valence-corrected chi connectivity index (χ0v) is 26.1. The predicted octanol–water partition coefficient (Wildman–Crippen LogP) is 4.03. The van der Waals surface area contributed by atoms with Gasteiger partial charge in [-0.15, -0.1) is 0 Å². The van der Waals surface area contributed by atoms with Crippen LogP contribution in [0.2, 0.25) is 0 Å². The largest absolute Gasteiger partial charge is 0.393 e. The van der Waals surface area contributed by atoms with Crippen LogP contribution in [0.25, 0.3) is 0 Å². The Morgan fingerprint density at radius 2 is 1.59 bits per heavy atom.